The van der Waals surface area contributed by atoms with Crippen molar-refractivity contribution in [1.29, 1.82) is 0 Å². The van der Waals surface area contributed by atoms with Crippen LogP contribution in [0.4, 0.5) is 11.4 Å². The van der Waals surface area contributed by atoms with Crippen molar-refractivity contribution in [3.05, 3.63) is 131 Å². The smallest absolute Gasteiger partial charge is 0.271 e. The average Bonchev–Trinajstić information content (AvgIpc) is 3.33. The number of nitro groups is 1. The van der Waals surface area contributed by atoms with E-state index < -0.39 is 4.92 Å². The van der Waals surface area contributed by atoms with Crippen molar-refractivity contribution < 1.29 is 9.66 Å². The summed E-state index contributed by atoms with van der Waals surface area (Å²) in [6, 6.07) is 36.8. The number of rotatable bonds is 8. The minimum Gasteiger partial charge on any atom is -0.494 e. The molecule has 5 aromatic rings. The Balaban J connectivity index is 1.72. The van der Waals surface area contributed by atoms with E-state index in [1.54, 1.807) is 18.3 Å². The zero-order valence-electron chi connectivity index (χ0n) is 20.3. The van der Waals surface area contributed by atoms with Gasteiger partial charge in [0.25, 0.3) is 5.69 Å². The third-order valence-electron chi connectivity index (χ3n) is 5.95. The number of hydrogen-bond acceptors (Lipinski definition) is 4. The highest BCUT2D eigenvalue weighted by Gasteiger charge is 2.19. The van der Waals surface area contributed by atoms with Crippen LogP contribution in [0.5, 0.6) is 5.75 Å². The Hall–Kier alpha value is -4.97. The maximum atomic E-state index is 11.2. The summed E-state index contributed by atoms with van der Waals surface area (Å²) in [6.45, 7) is 2.57. The van der Waals surface area contributed by atoms with Crippen LogP contribution in [0.25, 0.3) is 28.2 Å². The molecule has 0 aliphatic heterocycles. The Morgan fingerprint density at radius 1 is 0.838 bits per heavy atom. The molecule has 0 radical (unpaired) electrons. The normalized spacial score (nSPS) is 11.1. The lowest BCUT2D eigenvalue weighted by Gasteiger charge is -2.15. The topological polar surface area (TPSA) is 69.7 Å². The Morgan fingerprint density at radius 3 is 2.16 bits per heavy atom. The quantitative estimate of drug-likeness (QED) is 0.127. The first-order chi connectivity index (χ1) is 18.1. The summed E-state index contributed by atoms with van der Waals surface area (Å²) in [5.41, 5.74) is 6.46. The van der Waals surface area contributed by atoms with E-state index in [1.165, 1.54) is 12.1 Å². The molecule has 0 bridgehead atoms. The van der Waals surface area contributed by atoms with Gasteiger partial charge in [-0.15, -0.1) is 0 Å². The molecule has 0 unspecified atom stereocenters. The molecule has 1 aromatic heterocycles. The first-order valence-electron chi connectivity index (χ1n) is 12.0. The van der Waals surface area contributed by atoms with Crippen molar-refractivity contribution in [2.75, 3.05) is 6.61 Å². The van der Waals surface area contributed by atoms with Crippen molar-refractivity contribution in [1.82, 2.24) is 4.57 Å². The van der Waals surface area contributed by atoms with E-state index in [0.29, 0.717) is 12.3 Å². The average molecular weight is 488 g/mol. The fourth-order valence-electron chi connectivity index (χ4n) is 4.30. The number of benzene rings is 4. The standard InChI is InChI=1S/C31H25N3O3/c1-2-37-29-18-16-27(17-19-29)33-30(23-10-5-3-6-11-23)20-25(31(33)24-12-7-4-8-13-24)22-32-26-14-9-15-28(21-26)34(35)36/h3-22H,2H2,1H3. The third-order valence-corrected chi connectivity index (χ3v) is 5.95. The van der Waals surface area contributed by atoms with Gasteiger partial charge in [-0.1, -0.05) is 66.7 Å². The van der Waals surface area contributed by atoms with Gasteiger partial charge in [0.1, 0.15) is 5.75 Å². The van der Waals surface area contributed by atoms with E-state index in [9.17, 15) is 10.1 Å². The Labute approximate surface area is 215 Å². The summed E-state index contributed by atoms with van der Waals surface area (Å²) in [5, 5.41) is 11.2. The molecule has 0 fully saturated rings. The van der Waals surface area contributed by atoms with Crippen molar-refractivity contribution in [3.63, 3.8) is 0 Å². The molecule has 37 heavy (non-hydrogen) atoms. The maximum Gasteiger partial charge on any atom is 0.271 e. The molecule has 0 aliphatic carbocycles. The largest absolute Gasteiger partial charge is 0.494 e. The number of aliphatic imine (C=N–C) groups is 1. The minimum absolute atomic E-state index is 0.00913. The molecule has 182 valence electrons. The molecule has 0 saturated carbocycles. The first-order valence-corrected chi connectivity index (χ1v) is 12.0. The van der Waals surface area contributed by atoms with Gasteiger partial charge in [0.05, 0.1) is 28.6 Å². The van der Waals surface area contributed by atoms with Gasteiger partial charge < -0.3 is 9.30 Å². The zero-order chi connectivity index (χ0) is 25.6. The number of nitro benzene ring substituents is 1. The van der Waals surface area contributed by atoms with Gasteiger partial charge in [-0.2, -0.15) is 0 Å². The van der Waals surface area contributed by atoms with Crippen LogP contribution in [0.15, 0.2) is 120 Å². The lowest BCUT2D eigenvalue weighted by atomic mass is 10.1. The van der Waals surface area contributed by atoms with Crippen LogP contribution < -0.4 is 4.74 Å². The fraction of sp³-hybridized carbons (Fsp3) is 0.0645. The highest BCUT2D eigenvalue weighted by molar-refractivity contribution is 5.94. The number of hydrogen-bond donors (Lipinski definition) is 0. The summed E-state index contributed by atoms with van der Waals surface area (Å²) < 4.78 is 7.88. The van der Waals surface area contributed by atoms with Crippen LogP contribution >= 0.6 is 0 Å². The zero-order valence-corrected chi connectivity index (χ0v) is 20.3. The van der Waals surface area contributed by atoms with E-state index >= 15 is 0 Å². The summed E-state index contributed by atoms with van der Waals surface area (Å²) in [5.74, 6) is 0.813. The second kappa shape index (κ2) is 10.7. The molecular formula is C31H25N3O3. The van der Waals surface area contributed by atoms with Crippen molar-refractivity contribution in [2.24, 2.45) is 4.99 Å². The lowest BCUT2D eigenvalue weighted by molar-refractivity contribution is -0.384. The second-order valence-electron chi connectivity index (χ2n) is 8.36. The van der Waals surface area contributed by atoms with Crippen LogP contribution in [0.2, 0.25) is 0 Å². The second-order valence-corrected chi connectivity index (χ2v) is 8.36. The Bertz CT molecular complexity index is 1540. The van der Waals surface area contributed by atoms with Gasteiger partial charge in [0.2, 0.25) is 0 Å². The molecule has 6 nitrogen and oxygen atoms in total. The van der Waals surface area contributed by atoms with Gasteiger partial charge in [-0.05, 0) is 54.4 Å². The molecule has 0 aliphatic rings. The molecular weight excluding hydrogens is 462 g/mol. The number of nitrogens with zero attached hydrogens (tertiary/aromatic N) is 3. The number of aromatic nitrogens is 1. The summed E-state index contributed by atoms with van der Waals surface area (Å²) >= 11 is 0. The number of non-ortho nitro benzene ring substituents is 1. The molecule has 0 spiro atoms. The van der Waals surface area contributed by atoms with Crippen LogP contribution in [-0.4, -0.2) is 22.3 Å². The van der Waals surface area contributed by atoms with Crippen molar-refractivity contribution in [3.8, 4) is 34.0 Å². The predicted molar refractivity (Wildman–Crippen MR) is 148 cm³/mol. The van der Waals surface area contributed by atoms with E-state index in [-0.39, 0.29) is 5.69 Å². The fourth-order valence-corrected chi connectivity index (χ4v) is 4.30. The van der Waals surface area contributed by atoms with E-state index in [0.717, 1.165) is 39.5 Å². The van der Waals surface area contributed by atoms with Crippen LogP contribution in [-0.2, 0) is 0 Å². The highest BCUT2D eigenvalue weighted by atomic mass is 16.6. The highest BCUT2D eigenvalue weighted by Crippen LogP contribution is 2.36. The molecule has 0 saturated heterocycles. The van der Waals surface area contributed by atoms with Gasteiger partial charge in [-0.25, -0.2) is 0 Å². The Kier molecular flexibility index (Phi) is 6.90. The van der Waals surface area contributed by atoms with E-state index in [4.69, 9.17) is 4.74 Å². The maximum absolute atomic E-state index is 11.2. The Morgan fingerprint density at radius 2 is 1.51 bits per heavy atom. The van der Waals surface area contributed by atoms with E-state index in [1.807, 2.05) is 67.6 Å². The van der Waals surface area contributed by atoms with Crippen molar-refractivity contribution in [2.45, 2.75) is 6.92 Å². The van der Waals surface area contributed by atoms with Crippen LogP contribution in [0, 0.1) is 10.1 Å². The van der Waals surface area contributed by atoms with Crippen LogP contribution in [0.1, 0.15) is 12.5 Å². The van der Waals surface area contributed by atoms with Crippen LogP contribution in [0.3, 0.4) is 0 Å². The predicted octanol–water partition coefficient (Wildman–Crippen LogP) is 7.87. The molecule has 4 aromatic carbocycles. The van der Waals surface area contributed by atoms with Gasteiger partial charge in [0.15, 0.2) is 0 Å². The third kappa shape index (κ3) is 5.18. The molecule has 5 rings (SSSR count). The molecule has 0 atom stereocenters. The summed E-state index contributed by atoms with van der Waals surface area (Å²) in [7, 11) is 0. The summed E-state index contributed by atoms with van der Waals surface area (Å²) in [4.78, 5) is 15.4. The van der Waals surface area contributed by atoms with E-state index in [2.05, 4.69) is 39.9 Å². The summed E-state index contributed by atoms with van der Waals surface area (Å²) in [6.07, 6.45) is 1.78. The van der Waals surface area contributed by atoms with Gasteiger partial charge in [0, 0.05) is 29.6 Å². The molecule has 0 N–H and O–H groups in total. The van der Waals surface area contributed by atoms with Gasteiger partial charge >= 0.3 is 0 Å². The van der Waals surface area contributed by atoms with Gasteiger partial charge in [-0.3, -0.25) is 15.1 Å². The molecule has 1 heterocycles. The molecule has 6 heteroatoms. The monoisotopic (exact) mass is 487 g/mol. The van der Waals surface area contributed by atoms with Crippen molar-refractivity contribution >= 4 is 17.6 Å². The first kappa shape index (κ1) is 23.8. The lowest BCUT2D eigenvalue weighted by Crippen LogP contribution is -2.01. The minimum atomic E-state index is -0.412. The SMILES string of the molecule is CCOc1ccc(-n2c(-c3ccccc3)cc(C=Nc3cccc([N+](=O)[O-])c3)c2-c2ccccc2)cc1. The molecule has 0 amide bonds. The number of ether oxygens (including phenoxy) is 1.